The monoisotopic (exact) mass is 370 g/mol. The van der Waals surface area contributed by atoms with E-state index in [1.807, 2.05) is 0 Å². The Balaban J connectivity index is 0.00000288. The molecule has 0 bridgehead atoms. The molecule has 0 saturated heterocycles. The van der Waals surface area contributed by atoms with Crippen LogP contribution in [0.3, 0.4) is 0 Å². The van der Waals surface area contributed by atoms with Gasteiger partial charge in [0.1, 0.15) is 17.3 Å². The maximum atomic E-state index is 12.4. The molecule has 0 amide bonds. The Morgan fingerprint density at radius 1 is 1.08 bits per heavy atom. The molecule has 0 aliphatic carbocycles. The Bertz CT molecular complexity index is 640. The van der Waals surface area contributed by atoms with Crippen LogP contribution in [0.15, 0.2) is 28.8 Å². The summed E-state index contributed by atoms with van der Waals surface area (Å²) in [6.45, 7) is -3.86. The van der Waals surface area contributed by atoms with Gasteiger partial charge in [-0.15, -0.1) is 12.4 Å². The third-order valence-corrected chi connectivity index (χ3v) is 2.78. The molecule has 0 atom stereocenters. The van der Waals surface area contributed by atoms with E-state index < -0.39 is 13.2 Å². The van der Waals surface area contributed by atoms with Crippen LogP contribution >= 0.6 is 12.4 Å². The fraction of sp³-hybridized carbons (Fsp3) is 0.357. The highest BCUT2D eigenvalue weighted by molar-refractivity contribution is 5.85. The number of nitrogens with zero attached hydrogens (tertiary/aromatic N) is 1. The van der Waals surface area contributed by atoms with Crippen molar-refractivity contribution in [2.24, 2.45) is 0 Å². The van der Waals surface area contributed by atoms with E-state index in [0.29, 0.717) is 23.6 Å². The molecule has 1 heterocycles. The van der Waals surface area contributed by atoms with Crippen molar-refractivity contribution in [1.29, 1.82) is 0 Å². The number of halogens is 5. The summed E-state index contributed by atoms with van der Waals surface area (Å²) in [6.07, 6.45) is 0. The molecule has 0 aliphatic rings. The first kappa shape index (κ1) is 20.0. The molecule has 0 saturated carbocycles. The van der Waals surface area contributed by atoms with Crippen molar-refractivity contribution in [2.75, 3.05) is 0 Å². The van der Waals surface area contributed by atoms with Crippen molar-refractivity contribution >= 4 is 12.4 Å². The largest absolute Gasteiger partial charge is 0.435 e. The van der Waals surface area contributed by atoms with Gasteiger partial charge in [-0.05, 0) is 13.0 Å². The van der Waals surface area contributed by atoms with Crippen molar-refractivity contribution in [3.05, 3.63) is 41.3 Å². The Kier molecular flexibility index (Phi) is 7.80. The summed E-state index contributed by atoms with van der Waals surface area (Å²) in [4.78, 5) is 0. The molecule has 1 aromatic carbocycles. The summed E-state index contributed by atoms with van der Waals surface area (Å²) < 4.78 is 62.6. The van der Waals surface area contributed by atoms with E-state index in [-0.39, 0.29) is 30.5 Å². The highest BCUT2D eigenvalue weighted by atomic mass is 35.5. The average Bonchev–Trinajstić information content (AvgIpc) is 2.85. The van der Waals surface area contributed by atoms with Crippen LogP contribution in [0.5, 0.6) is 11.5 Å². The van der Waals surface area contributed by atoms with E-state index in [1.165, 1.54) is 12.1 Å². The van der Waals surface area contributed by atoms with Gasteiger partial charge in [0, 0.05) is 30.8 Å². The number of rotatable bonds is 8. The topological polar surface area (TPSA) is 56.5 Å². The van der Waals surface area contributed by atoms with E-state index in [4.69, 9.17) is 4.52 Å². The zero-order chi connectivity index (χ0) is 16.8. The summed E-state index contributed by atoms with van der Waals surface area (Å²) in [5.41, 5.74) is 1.02. The highest BCUT2D eigenvalue weighted by Gasteiger charge is 2.13. The third kappa shape index (κ3) is 6.25. The molecule has 0 radical (unpaired) electrons. The normalized spacial score (nSPS) is 10.8. The summed E-state index contributed by atoms with van der Waals surface area (Å²) >= 11 is 0. The van der Waals surface area contributed by atoms with Crippen molar-refractivity contribution < 1.29 is 31.6 Å². The molecule has 0 spiro atoms. The summed E-state index contributed by atoms with van der Waals surface area (Å²) in [5.74, 6) is 0.158. The number of alkyl halides is 4. The lowest BCUT2D eigenvalue weighted by Gasteiger charge is -2.13. The number of hydrogen-bond acceptors (Lipinski definition) is 5. The molecular formula is C14H15ClF4N2O3. The van der Waals surface area contributed by atoms with Gasteiger partial charge in [0.25, 0.3) is 0 Å². The second kappa shape index (κ2) is 9.33. The standard InChI is InChI=1S/C14H14F4N2O3.ClH/c1-8-4-10(20-23-8)7-19-6-9-2-3-11(21-13(15)16)5-12(9)22-14(17)18;/h2-5,13-14,19H,6-7H2,1H3;1H. The van der Waals surface area contributed by atoms with Crippen molar-refractivity contribution in [1.82, 2.24) is 10.5 Å². The maximum Gasteiger partial charge on any atom is 0.387 e. The Morgan fingerprint density at radius 3 is 2.38 bits per heavy atom. The molecule has 10 heteroatoms. The molecule has 5 nitrogen and oxygen atoms in total. The van der Waals surface area contributed by atoms with Crippen LogP contribution in [-0.4, -0.2) is 18.4 Å². The minimum absolute atomic E-state index is 0. The van der Waals surface area contributed by atoms with Crippen LogP contribution in [0.4, 0.5) is 17.6 Å². The number of aromatic nitrogens is 1. The van der Waals surface area contributed by atoms with Gasteiger partial charge in [0.05, 0.1) is 5.69 Å². The molecular weight excluding hydrogens is 356 g/mol. The molecule has 1 N–H and O–H groups in total. The summed E-state index contributed by atoms with van der Waals surface area (Å²) in [7, 11) is 0. The molecule has 0 fully saturated rings. The van der Waals surface area contributed by atoms with Gasteiger partial charge in [-0.25, -0.2) is 0 Å². The number of hydrogen-bond donors (Lipinski definition) is 1. The Morgan fingerprint density at radius 2 is 1.79 bits per heavy atom. The SMILES string of the molecule is Cc1cc(CNCc2ccc(OC(F)F)cc2OC(F)F)no1.Cl. The molecule has 0 aliphatic heterocycles. The molecule has 2 rings (SSSR count). The molecule has 134 valence electrons. The van der Waals surface area contributed by atoms with Gasteiger partial charge < -0.3 is 19.3 Å². The zero-order valence-corrected chi connectivity index (χ0v) is 13.3. The number of ether oxygens (including phenoxy) is 2. The highest BCUT2D eigenvalue weighted by Crippen LogP contribution is 2.27. The molecule has 24 heavy (non-hydrogen) atoms. The van der Waals surface area contributed by atoms with E-state index >= 15 is 0 Å². The van der Waals surface area contributed by atoms with Gasteiger partial charge in [-0.1, -0.05) is 11.2 Å². The smallest absolute Gasteiger partial charge is 0.387 e. The van der Waals surface area contributed by atoms with Crippen LogP contribution in [0, 0.1) is 6.92 Å². The maximum absolute atomic E-state index is 12.4. The average molecular weight is 371 g/mol. The van der Waals surface area contributed by atoms with E-state index in [2.05, 4.69) is 19.9 Å². The first-order chi connectivity index (χ1) is 10.9. The summed E-state index contributed by atoms with van der Waals surface area (Å²) in [6, 6.07) is 5.34. The molecule has 1 aromatic heterocycles. The van der Waals surface area contributed by atoms with Crippen molar-refractivity contribution in [3.8, 4) is 11.5 Å². The first-order valence-electron chi connectivity index (χ1n) is 6.59. The zero-order valence-electron chi connectivity index (χ0n) is 12.5. The number of nitrogens with one attached hydrogen (secondary N) is 1. The number of aryl methyl sites for hydroxylation is 1. The van der Waals surface area contributed by atoms with Crippen LogP contribution in [0.1, 0.15) is 17.0 Å². The van der Waals surface area contributed by atoms with E-state index in [1.54, 1.807) is 13.0 Å². The van der Waals surface area contributed by atoms with E-state index in [0.717, 1.165) is 6.07 Å². The van der Waals surface area contributed by atoms with E-state index in [9.17, 15) is 17.6 Å². The fourth-order valence-electron chi connectivity index (χ4n) is 1.89. The van der Waals surface area contributed by atoms with Gasteiger partial charge in [0.15, 0.2) is 0 Å². The van der Waals surface area contributed by atoms with Crippen molar-refractivity contribution in [3.63, 3.8) is 0 Å². The van der Waals surface area contributed by atoms with Gasteiger partial charge >= 0.3 is 13.2 Å². The fourth-order valence-corrected chi connectivity index (χ4v) is 1.89. The lowest BCUT2D eigenvalue weighted by Crippen LogP contribution is -2.15. The van der Waals surface area contributed by atoms with Gasteiger partial charge in [-0.3, -0.25) is 0 Å². The molecule has 0 unspecified atom stereocenters. The van der Waals surface area contributed by atoms with Crippen LogP contribution in [-0.2, 0) is 13.1 Å². The Hall–Kier alpha value is -2.00. The lowest BCUT2D eigenvalue weighted by molar-refractivity contribution is -0.0546. The molecule has 2 aromatic rings. The summed E-state index contributed by atoms with van der Waals surface area (Å²) in [5, 5.41) is 6.74. The number of benzene rings is 1. The quantitative estimate of drug-likeness (QED) is 0.714. The van der Waals surface area contributed by atoms with Crippen LogP contribution < -0.4 is 14.8 Å². The Labute approximate surface area is 141 Å². The first-order valence-corrected chi connectivity index (χ1v) is 6.59. The second-order valence-corrected chi connectivity index (χ2v) is 4.56. The van der Waals surface area contributed by atoms with Gasteiger partial charge in [-0.2, -0.15) is 17.6 Å². The predicted molar refractivity (Wildman–Crippen MR) is 78.7 cm³/mol. The predicted octanol–water partition coefficient (Wildman–Crippen LogP) is 3.90. The third-order valence-electron chi connectivity index (χ3n) is 2.78. The van der Waals surface area contributed by atoms with Crippen molar-refractivity contribution in [2.45, 2.75) is 33.2 Å². The van der Waals surface area contributed by atoms with Crippen LogP contribution in [0.2, 0.25) is 0 Å². The minimum atomic E-state index is -3.08. The van der Waals surface area contributed by atoms with Crippen LogP contribution in [0.25, 0.3) is 0 Å². The minimum Gasteiger partial charge on any atom is -0.435 e. The van der Waals surface area contributed by atoms with Gasteiger partial charge in [0.2, 0.25) is 0 Å². The lowest BCUT2D eigenvalue weighted by atomic mass is 10.2. The second-order valence-electron chi connectivity index (χ2n) is 4.56.